The van der Waals surface area contributed by atoms with Gasteiger partial charge in [-0.15, -0.1) is 0 Å². The topological polar surface area (TPSA) is 46.3 Å². The van der Waals surface area contributed by atoms with Crippen molar-refractivity contribution in [1.82, 2.24) is 4.90 Å². The number of hydrogen-bond acceptors (Lipinski definition) is 2. The Bertz CT molecular complexity index is 359. The second-order valence-corrected chi connectivity index (χ2v) is 4.63. The lowest BCUT2D eigenvalue weighted by Crippen LogP contribution is -2.31. The van der Waals surface area contributed by atoms with Gasteiger partial charge in [0, 0.05) is 25.2 Å². The maximum Gasteiger partial charge on any atom is 0.225 e. The molecule has 0 aliphatic carbocycles. The molecule has 0 aliphatic rings. The van der Waals surface area contributed by atoms with Crippen molar-refractivity contribution in [3.63, 3.8) is 0 Å². The van der Waals surface area contributed by atoms with E-state index in [1.165, 1.54) is 0 Å². The first-order valence-corrected chi connectivity index (χ1v) is 6.14. The minimum atomic E-state index is 0.110. The van der Waals surface area contributed by atoms with Gasteiger partial charge in [0.2, 0.25) is 5.91 Å². The molecule has 3 nitrogen and oxygen atoms in total. The zero-order valence-corrected chi connectivity index (χ0v) is 10.9. The fourth-order valence-electron chi connectivity index (χ4n) is 1.91. The standard InChI is InChI=1S/C14H22N2O/c1-4-5-11(2)14(17)16(3)10-12-6-8-13(15)9-7-12/h6-9,11H,4-5,10,15H2,1-3H3. The second-order valence-electron chi connectivity index (χ2n) is 4.63. The Morgan fingerprint density at radius 2 is 1.94 bits per heavy atom. The van der Waals surface area contributed by atoms with Crippen LogP contribution in [0.2, 0.25) is 0 Å². The quantitative estimate of drug-likeness (QED) is 0.796. The molecule has 1 rings (SSSR count). The van der Waals surface area contributed by atoms with Gasteiger partial charge in [-0.1, -0.05) is 32.4 Å². The van der Waals surface area contributed by atoms with Crippen LogP contribution in [0.3, 0.4) is 0 Å². The van der Waals surface area contributed by atoms with Crippen LogP contribution in [0.4, 0.5) is 5.69 Å². The van der Waals surface area contributed by atoms with E-state index in [9.17, 15) is 4.79 Å². The number of rotatable bonds is 5. The minimum absolute atomic E-state index is 0.110. The third-order valence-electron chi connectivity index (χ3n) is 2.92. The second kappa shape index (κ2) is 6.28. The average molecular weight is 234 g/mol. The number of benzene rings is 1. The van der Waals surface area contributed by atoms with Gasteiger partial charge in [0.1, 0.15) is 0 Å². The summed E-state index contributed by atoms with van der Waals surface area (Å²) in [4.78, 5) is 13.8. The Kier molecular flexibility index (Phi) is 5.01. The monoisotopic (exact) mass is 234 g/mol. The summed E-state index contributed by atoms with van der Waals surface area (Å²) in [5.41, 5.74) is 7.49. The predicted molar refractivity (Wildman–Crippen MR) is 71.4 cm³/mol. The van der Waals surface area contributed by atoms with Crippen LogP contribution < -0.4 is 5.73 Å². The Balaban J connectivity index is 2.56. The molecule has 0 bridgehead atoms. The molecule has 0 aliphatic heterocycles. The normalized spacial score (nSPS) is 12.2. The van der Waals surface area contributed by atoms with E-state index in [0.29, 0.717) is 6.54 Å². The molecular weight excluding hydrogens is 212 g/mol. The van der Waals surface area contributed by atoms with Crippen molar-refractivity contribution < 1.29 is 4.79 Å². The smallest absolute Gasteiger partial charge is 0.225 e. The first-order chi connectivity index (χ1) is 8.04. The summed E-state index contributed by atoms with van der Waals surface area (Å²) in [6.45, 7) is 4.74. The van der Waals surface area contributed by atoms with Crippen LogP contribution in [0.1, 0.15) is 32.3 Å². The van der Waals surface area contributed by atoms with Crippen molar-refractivity contribution >= 4 is 11.6 Å². The minimum Gasteiger partial charge on any atom is -0.399 e. The molecule has 2 N–H and O–H groups in total. The van der Waals surface area contributed by atoms with Gasteiger partial charge in [0.05, 0.1) is 0 Å². The molecule has 94 valence electrons. The molecule has 0 radical (unpaired) electrons. The van der Waals surface area contributed by atoms with E-state index in [2.05, 4.69) is 6.92 Å². The number of nitrogens with zero attached hydrogens (tertiary/aromatic N) is 1. The Morgan fingerprint density at radius 1 is 1.35 bits per heavy atom. The third-order valence-corrected chi connectivity index (χ3v) is 2.92. The Morgan fingerprint density at radius 3 is 2.47 bits per heavy atom. The largest absolute Gasteiger partial charge is 0.399 e. The first-order valence-electron chi connectivity index (χ1n) is 6.14. The van der Waals surface area contributed by atoms with Crippen LogP contribution >= 0.6 is 0 Å². The number of hydrogen-bond donors (Lipinski definition) is 1. The van der Waals surface area contributed by atoms with Gasteiger partial charge in [0.15, 0.2) is 0 Å². The SMILES string of the molecule is CCCC(C)C(=O)N(C)Cc1ccc(N)cc1. The number of nitrogens with two attached hydrogens (primary N) is 1. The van der Waals surface area contributed by atoms with Crippen LogP contribution in [-0.4, -0.2) is 17.9 Å². The first kappa shape index (κ1) is 13.6. The fraction of sp³-hybridized carbons (Fsp3) is 0.500. The number of carbonyl (C=O) groups is 1. The van der Waals surface area contributed by atoms with E-state index in [-0.39, 0.29) is 11.8 Å². The van der Waals surface area contributed by atoms with E-state index < -0.39 is 0 Å². The van der Waals surface area contributed by atoms with Crippen LogP contribution in [0.5, 0.6) is 0 Å². The van der Waals surface area contributed by atoms with Gasteiger partial charge in [-0.25, -0.2) is 0 Å². The highest BCUT2D eigenvalue weighted by Gasteiger charge is 2.16. The van der Waals surface area contributed by atoms with Crippen LogP contribution in [0.25, 0.3) is 0 Å². The summed E-state index contributed by atoms with van der Waals surface area (Å²) < 4.78 is 0. The van der Waals surface area contributed by atoms with Gasteiger partial charge in [-0.2, -0.15) is 0 Å². The van der Waals surface area contributed by atoms with E-state index in [1.54, 1.807) is 4.90 Å². The molecule has 0 saturated heterocycles. The molecule has 1 aromatic rings. The zero-order valence-electron chi connectivity index (χ0n) is 10.9. The number of carbonyl (C=O) groups excluding carboxylic acids is 1. The van der Waals surface area contributed by atoms with Crippen LogP contribution in [0, 0.1) is 5.92 Å². The molecule has 1 aromatic carbocycles. The maximum absolute atomic E-state index is 12.0. The van der Waals surface area contributed by atoms with Crippen molar-refractivity contribution in [2.24, 2.45) is 5.92 Å². The van der Waals surface area contributed by atoms with Gasteiger partial charge < -0.3 is 10.6 Å². The highest BCUT2D eigenvalue weighted by Crippen LogP contribution is 2.12. The van der Waals surface area contributed by atoms with Crippen molar-refractivity contribution in [1.29, 1.82) is 0 Å². The Hall–Kier alpha value is -1.51. The van der Waals surface area contributed by atoms with E-state index >= 15 is 0 Å². The lowest BCUT2D eigenvalue weighted by Gasteiger charge is -2.21. The fourth-order valence-corrected chi connectivity index (χ4v) is 1.91. The summed E-state index contributed by atoms with van der Waals surface area (Å²) >= 11 is 0. The molecule has 0 fully saturated rings. The summed E-state index contributed by atoms with van der Waals surface area (Å²) in [6, 6.07) is 7.65. The number of anilines is 1. The predicted octanol–water partition coefficient (Wildman–Crippen LogP) is 2.66. The molecule has 1 unspecified atom stereocenters. The van der Waals surface area contributed by atoms with Gasteiger partial charge in [-0.05, 0) is 24.1 Å². The van der Waals surface area contributed by atoms with Crippen LogP contribution in [0.15, 0.2) is 24.3 Å². The summed E-state index contributed by atoms with van der Waals surface area (Å²) in [5.74, 6) is 0.322. The highest BCUT2D eigenvalue weighted by molar-refractivity contribution is 5.78. The molecular formula is C14H22N2O. The molecule has 17 heavy (non-hydrogen) atoms. The van der Waals surface area contributed by atoms with Gasteiger partial charge >= 0.3 is 0 Å². The highest BCUT2D eigenvalue weighted by atomic mass is 16.2. The van der Waals surface area contributed by atoms with E-state index in [0.717, 1.165) is 24.1 Å². The maximum atomic E-state index is 12.0. The third kappa shape index (κ3) is 4.10. The molecule has 1 atom stereocenters. The molecule has 1 amide bonds. The molecule has 3 heteroatoms. The molecule has 0 spiro atoms. The number of amides is 1. The molecule has 0 aromatic heterocycles. The summed E-state index contributed by atoms with van der Waals surface area (Å²) in [5, 5.41) is 0. The lowest BCUT2D eigenvalue weighted by atomic mass is 10.0. The van der Waals surface area contributed by atoms with Gasteiger partial charge in [0.25, 0.3) is 0 Å². The molecule has 0 saturated carbocycles. The Labute approximate surface area is 104 Å². The van der Waals surface area contributed by atoms with E-state index in [4.69, 9.17) is 5.73 Å². The van der Waals surface area contributed by atoms with E-state index in [1.807, 2.05) is 38.2 Å². The lowest BCUT2D eigenvalue weighted by molar-refractivity contribution is -0.134. The van der Waals surface area contributed by atoms with Gasteiger partial charge in [-0.3, -0.25) is 4.79 Å². The van der Waals surface area contributed by atoms with Crippen molar-refractivity contribution in [3.8, 4) is 0 Å². The number of nitrogen functional groups attached to an aromatic ring is 1. The average Bonchev–Trinajstić information content (AvgIpc) is 2.31. The van der Waals surface area contributed by atoms with Crippen molar-refractivity contribution in [2.75, 3.05) is 12.8 Å². The zero-order chi connectivity index (χ0) is 12.8. The summed E-state index contributed by atoms with van der Waals surface area (Å²) in [7, 11) is 1.85. The molecule has 0 heterocycles. The van der Waals surface area contributed by atoms with Crippen molar-refractivity contribution in [2.45, 2.75) is 33.2 Å². The van der Waals surface area contributed by atoms with Crippen molar-refractivity contribution in [3.05, 3.63) is 29.8 Å². The summed E-state index contributed by atoms with van der Waals surface area (Å²) in [6.07, 6.45) is 1.99. The van der Waals surface area contributed by atoms with Crippen LogP contribution in [-0.2, 0) is 11.3 Å².